The molecule has 0 aromatic heterocycles. The van der Waals surface area contributed by atoms with Gasteiger partial charge in [-0.05, 0) is 32.2 Å². The molecule has 0 fully saturated rings. The summed E-state index contributed by atoms with van der Waals surface area (Å²) in [5.41, 5.74) is 3.25. The van der Waals surface area contributed by atoms with Gasteiger partial charge in [0.25, 0.3) is 0 Å². The van der Waals surface area contributed by atoms with Crippen molar-refractivity contribution in [3.8, 4) is 5.75 Å². The Labute approximate surface area is 130 Å². The number of fused-ring (bicyclic) bond motifs is 1. The Bertz CT molecular complexity index is 677. The van der Waals surface area contributed by atoms with E-state index in [9.17, 15) is 4.79 Å². The second-order valence-corrected chi connectivity index (χ2v) is 6.02. The highest BCUT2D eigenvalue weighted by Crippen LogP contribution is 2.33. The highest BCUT2D eigenvalue weighted by Gasteiger charge is 2.21. The van der Waals surface area contributed by atoms with Crippen LogP contribution in [0.2, 0.25) is 0 Å². The molecule has 0 aliphatic carbocycles. The number of carbonyl (C=O) groups excluding carboxylic acids is 1. The summed E-state index contributed by atoms with van der Waals surface area (Å²) in [6.07, 6.45) is -0.456. The van der Waals surface area contributed by atoms with Gasteiger partial charge in [-0.25, -0.2) is 9.80 Å². The van der Waals surface area contributed by atoms with Gasteiger partial charge in [-0.2, -0.15) is 0 Å². The lowest BCUT2D eigenvalue weighted by Crippen LogP contribution is -2.37. The molecule has 0 radical (unpaired) electrons. The maximum absolute atomic E-state index is 12.1. The van der Waals surface area contributed by atoms with Gasteiger partial charge in [-0.3, -0.25) is 5.43 Å². The number of hydrazine groups is 1. The molecule has 2 aromatic carbocycles. The first-order valence-electron chi connectivity index (χ1n) is 7.11. The quantitative estimate of drug-likeness (QED) is 0.869. The molecule has 0 aliphatic rings. The number of benzene rings is 2. The highest BCUT2D eigenvalue weighted by molar-refractivity contribution is 5.97. The molecule has 22 heavy (non-hydrogen) atoms. The van der Waals surface area contributed by atoms with Crippen LogP contribution >= 0.6 is 0 Å². The zero-order valence-electron chi connectivity index (χ0n) is 13.6. The van der Waals surface area contributed by atoms with Crippen molar-refractivity contribution in [2.45, 2.75) is 26.4 Å². The van der Waals surface area contributed by atoms with Crippen molar-refractivity contribution in [1.82, 2.24) is 5.01 Å². The van der Waals surface area contributed by atoms with Gasteiger partial charge in [-0.15, -0.1) is 0 Å². The van der Waals surface area contributed by atoms with Crippen LogP contribution in [-0.4, -0.2) is 30.9 Å². The Morgan fingerprint density at radius 3 is 2.45 bits per heavy atom. The number of hydrogen-bond acceptors (Lipinski definition) is 4. The number of nitrogens with one attached hydrogen (secondary N) is 1. The van der Waals surface area contributed by atoms with E-state index in [1.54, 1.807) is 14.2 Å². The van der Waals surface area contributed by atoms with E-state index in [0.29, 0.717) is 5.75 Å². The molecule has 0 spiro atoms. The molecule has 0 heterocycles. The Hall–Kier alpha value is -2.43. The van der Waals surface area contributed by atoms with Crippen LogP contribution in [0.1, 0.15) is 20.8 Å². The van der Waals surface area contributed by atoms with Crippen molar-refractivity contribution in [2.75, 3.05) is 19.6 Å². The van der Waals surface area contributed by atoms with Crippen LogP contribution in [0.5, 0.6) is 5.75 Å². The number of amides is 1. The zero-order chi connectivity index (χ0) is 16.3. The second kappa shape index (κ2) is 6.13. The zero-order valence-corrected chi connectivity index (χ0v) is 13.6. The highest BCUT2D eigenvalue weighted by atomic mass is 16.6. The third-order valence-corrected chi connectivity index (χ3v) is 3.06. The van der Waals surface area contributed by atoms with Gasteiger partial charge in [0, 0.05) is 12.4 Å². The first-order chi connectivity index (χ1) is 10.3. The maximum Gasteiger partial charge on any atom is 0.428 e. The summed E-state index contributed by atoms with van der Waals surface area (Å²) < 4.78 is 10.7. The third kappa shape index (κ3) is 3.61. The van der Waals surface area contributed by atoms with Crippen LogP contribution in [0, 0.1) is 0 Å². The lowest BCUT2D eigenvalue weighted by Gasteiger charge is -2.26. The van der Waals surface area contributed by atoms with Crippen LogP contribution in [0.15, 0.2) is 36.4 Å². The van der Waals surface area contributed by atoms with E-state index < -0.39 is 11.7 Å². The van der Waals surface area contributed by atoms with Crippen LogP contribution in [-0.2, 0) is 4.74 Å². The lowest BCUT2D eigenvalue weighted by atomic mass is 10.1. The van der Waals surface area contributed by atoms with Crippen LogP contribution in [0.25, 0.3) is 10.8 Å². The molecule has 0 bridgehead atoms. The number of anilines is 1. The fourth-order valence-electron chi connectivity index (χ4n) is 2.08. The van der Waals surface area contributed by atoms with E-state index in [4.69, 9.17) is 9.47 Å². The molecule has 1 N–H and O–H groups in total. The fourth-order valence-corrected chi connectivity index (χ4v) is 2.08. The SMILES string of the molecule is COc1ccc2ccccc2c1NN(C)C(=O)OC(C)(C)C. The summed E-state index contributed by atoms with van der Waals surface area (Å²) >= 11 is 0. The fraction of sp³-hybridized carbons (Fsp3) is 0.353. The summed E-state index contributed by atoms with van der Waals surface area (Å²) in [4.78, 5) is 12.1. The molecule has 0 saturated heterocycles. The number of ether oxygens (including phenoxy) is 2. The van der Waals surface area contributed by atoms with Gasteiger partial charge in [0.2, 0.25) is 0 Å². The van der Waals surface area contributed by atoms with Crippen molar-refractivity contribution >= 4 is 22.6 Å². The molecule has 2 rings (SSSR count). The lowest BCUT2D eigenvalue weighted by molar-refractivity contribution is 0.0339. The summed E-state index contributed by atoms with van der Waals surface area (Å²) in [5.74, 6) is 0.661. The molecule has 0 saturated carbocycles. The predicted molar refractivity (Wildman–Crippen MR) is 88.1 cm³/mol. The number of hydrogen-bond donors (Lipinski definition) is 1. The third-order valence-electron chi connectivity index (χ3n) is 3.06. The van der Waals surface area contributed by atoms with Gasteiger partial charge in [0.15, 0.2) is 0 Å². The average molecular weight is 302 g/mol. The van der Waals surface area contributed by atoms with Crippen molar-refractivity contribution in [3.05, 3.63) is 36.4 Å². The van der Waals surface area contributed by atoms with Gasteiger partial charge in [-0.1, -0.05) is 30.3 Å². The van der Waals surface area contributed by atoms with E-state index in [0.717, 1.165) is 16.5 Å². The van der Waals surface area contributed by atoms with Crippen molar-refractivity contribution in [2.24, 2.45) is 0 Å². The molecular weight excluding hydrogens is 280 g/mol. The predicted octanol–water partition coefficient (Wildman–Crippen LogP) is 4.04. The molecule has 118 valence electrons. The minimum Gasteiger partial charge on any atom is -0.494 e. The standard InChI is InChI=1S/C17H22N2O3/c1-17(2,3)22-16(20)19(4)18-15-13-9-7-6-8-12(13)10-11-14(15)21-5/h6-11,18H,1-5H3. The molecule has 0 unspecified atom stereocenters. The Kier molecular flexibility index (Phi) is 4.45. The minimum atomic E-state index is -0.546. The Morgan fingerprint density at radius 2 is 1.82 bits per heavy atom. The normalized spacial score (nSPS) is 11.1. The Balaban J connectivity index is 2.32. The second-order valence-electron chi connectivity index (χ2n) is 6.02. The van der Waals surface area contributed by atoms with Crippen molar-refractivity contribution in [1.29, 1.82) is 0 Å². The van der Waals surface area contributed by atoms with E-state index in [1.165, 1.54) is 5.01 Å². The molecule has 5 nitrogen and oxygen atoms in total. The van der Waals surface area contributed by atoms with Gasteiger partial charge < -0.3 is 9.47 Å². The van der Waals surface area contributed by atoms with E-state index in [1.807, 2.05) is 57.2 Å². The topological polar surface area (TPSA) is 50.8 Å². The first-order valence-corrected chi connectivity index (χ1v) is 7.11. The minimum absolute atomic E-state index is 0.456. The largest absolute Gasteiger partial charge is 0.494 e. The van der Waals surface area contributed by atoms with E-state index in [-0.39, 0.29) is 0 Å². The monoisotopic (exact) mass is 302 g/mol. The van der Waals surface area contributed by atoms with E-state index in [2.05, 4.69) is 5.43 Å². The van der Waals surface area contributed by atoms with Gasteiger partial charge in [0.1, 0.15) is 17.0 Å². The number of methoxy groups -OCH3 is 1. The van der Waals surface area contributed by atoms with Crippen LogP contribution in [0.3, 0.4) is 0 Å². The number of carbonyl (C=O) groups is 1. The molecule has 0 atom stereocenters. The summed E-state index contributed by atoms with van der Waals surface area (Å²) in [6, 6.07) is 11.7. The van der Waals surface area contributed by atoms with Crippen molar-refractivity contribution < 1.29 is 14.3 Å². The number of rotatable bonds is 3. The molecule has 1 amide bonds. The first kappa shape index (κ1) is 15.9. The molecule has 0 aliphatic heterocycles. The molecular formula is C17H22N2O3. The maximum atomic E-state index is 12.1. The summed E-state index contributed by atoms with van der Waals surface area (Å²) in [7, 11) is 3.22. The summed E-state index contributed by atoms with van der Waals surface area (Å²) in [5, 5.41) is 3.34. The van der Waals surface area contributed by atoms with Crippen molar-refractivity contribution in [3.63, 3.8) is 0 Å². The smallest absolute Gasteiger partial charge is 0.428 e. The average Bonchev–Trinajstić information content (AvgIpc) is 2.45. The van der Waals surface area contributed by atoms with Crippen LogP contribution < -0.4 is 10.2 Å². The number of nitrogens with zero attached hydrogens (tertiary/aromatic N) is 1. The van der Waals surface area contributed by atoms with Gasteiger partial charge >= 0.3 is 6.09 Å². The molecule has 5 heteroatoms. The van der Waals surface area contributed by atoms with Gasteiger partial charge in [0.05, 0.1) is 7.11 Å². The van der Waals surface area contributed by atoms with E-state index >= 15 is 0 Å². The van der Waals surface area contributed by atoms with Crippen LogP contribution in [0.4, 0.5) is 10.5 Å². The molecule has 2 aromatic rings. The Morgan fingerprint density at radius 1 is 1.14 bits per heavy atom. The summed E-state index contributed by atoms with van der Waals surface area (Å²) in [6.45, 7) is 5.49.